The molecule has 1 aromatic carbocycles. The predicted molar refractivity (Wildman–Crippen MR) is 75.8 cm³/mol. The summed E-state index contributed by atoms with van der Waals surface area (Å²) in [5.74, 6) is 0.233. The first-order valence-electron chi connectivity index (χ1n) is 6.51. The second-order valence-electron chi connectivity index (χ2n) is 4.82. The molecule has 0 fully saturated rings. The first-order valence-corrected chi connectivity index (χ1v) is 6.51. The number of nitrogens with one attached hydrogen (secondary N) is 1. The lowest BCUT2D eigenvalue weighted by Crippen LogP contribution is -2.33. The lowest BCUT2D eigenvalue weighted by molar-refractivity contribution is -0.141. The van der Waals surface area contributed by atoms with E-state index in [0.29, 0.717) is 11.7 Å². The van der Waals surface area contributed by atoms with E-state index in [2.05, 4.69) is 23.9 Å². The fourth-order valence-electron chi connectivity index (χ4n) is 1.57. The van der Waals surface area contributed by atoms with E-state index in [4.69, 9.17) is 4.74 Å². The van der Waals surface area contributed by atoms with Gasteiger partial charge < -0.3 is 14.8 Å². The number of methoxy groups -OCH3 is 1. The summed E-state index contributed by atoms with van der Waals surface area (Å²) >= 11 is 0. The van der Waals surface area contributed by atoms with E-state index in [1.165, 1.54) is 7.11 Å². The number of carbonyl (C=O) groups is 2. The van der Waals surface area contributed by atoms with Gasteiger partial charge in [-0.25, -0.2) is 0 Å². The fourth-order valence-corrected chi connectivity index (χ4v) is 1.57. The van der Waals surface area contributed by atoms with E-state index in [-0.39, 0.29) is 19.1 Å². The number of amides is 1. The van der Waals surface area contributed by atoms with Crippen LogP contribution in [-0.4, -0.2) is 32.1 Å². The van der Waals surface area contributed by atoms with Crippen LogP contribution in [0.1, 0.15) is 30.9 Å². The van der Waals surface area contributed by atoms with Gasteiger partial charge in [0.1, 0.15) is 12.3 Å². The molecule has 0 heterocycles. The van der Waals surface area contributed by atoms with Crippen LogP contribution in [-0.2, 0) is 14.3 Å². The highest BCUT2D eigenvalue weighted by Crippen LogP contribution is 2.24. The Labute approximate surface area is 119 Å². The molecule has 0 radical (unpaired) electrons. The van der Waals surface area contributed by atoms with Gasteiger partial charge in [0.05, 0.1) is 7.11 Å². The molecule has 5 nitrogen and oxygen atoms in total. The average Bonchev–Trinajstić information content (AvgIpc) is 2.43. The van der Waals surface area contributed by atoms with E-state index in [0.717, 1.165) is 11.1 Å². The Morgan fingerprint density at radius 3 is 2.60 bits per heavy atom. The van der Waals surface area contributed by atoms with Crippen LogP contribution in [0.4, 0.5) is 0 Å². The molecule has 1 N–H and O–H groups in total. The molecule has 0 spiro atoms. The van der Waals surface area contributed by atoms with Crippen LogP contribution in [0.5, 0.6) is 5.75 Å². The number of benzene rings is 1. The second kappa shape index (κ2) is 7.53. The fraction of sp³-hybridized carbons (Fsp3) is 0.467. The van der Waals surface area contributed by atoms with Crippen molar-refractivity contribution >= 4 is 11.9 Å². The largest absolute Gasteiger partial charge is 0.483 e. The van der Waals surface area contributed by atoms with E-state index in [1.807, 2.05) is 25.1 Å². The van der Waals surface area contributed by atoms with E-state index >= 15 is 0 Å². The molecule has 110 valence electrons. The van der Waals surface area contributed by atoms with Gasteiger partial charge in [-0.3, -0.25) is 9.59 Å². The zero-order valence-corrected chi connectivity index (χ0v) is 12.4. The van der Waals surface area contributed by atoms with Crippen molar-refractivity contribution in [2.75, 3.05) is 20.3 Å². The van der Waals surface area contributed by atoms with Crippen LogP contribution in [0.3, 0.4) is 0 Å². The summed E-state index contributed by atoms with van der Waals surface area (Å²) in [7, 11) is 1.27. The first kappa shape index (κ1) is 16.0. The molecule has 0 atom stereocenters. The van der Waals surface area contributed by atoms with Crippen LogP contribution in [0.2, 0.25) is 0 Å². The molecular formula is C15H21NO4. The van der Waals surface area contributed by atoms with Gasteiger partial charge in [-0.15, -0.1) is 0 Å². The molecule has 5 heteroatoms. The van der Waals surface area contributed by atoms with Crippen molar-refractivity contribution < 1.29 is 19.1 Å². The standard InChI is InChI=1S/C15H21NO4/c1-10(2)12-6-5-11(3)13(7-12)20-9-14(17)16-8-15(18)19-4/h5-7,10H,8-9H2,1-4H3,(H,16,17). The van der Waals surface area contributed by atoms with E-state index < -0.39 is 5.97 Å². The number of ether oxygens (including phenoxy) is 2. The Morgan fingerprint density at radius 2 is 2.00 bits per heavy atom. The number of hydrogen-bond acceptors (Lipinski definition) is 4. The van der Waals surface area contributed by atoms with Gasteiger partial charge in [-0.2, -0.15) is 0 Å². The van der Waals surface area contributed by atoms with Crippen LogP contribution < -0.4 is 10.1 Å². The highest BCUT2D eigenvalue weighted by molar-refractivity contribution is 5.82. The van der Waals surface area contributed by atoms with Crippen molar-refractivity contribution in [1.29, 1.82) is 0 Å². The smallest absolute Gasteiger partial charge is 0.325 e. The summed E-state index contributed by atoms with van der Waals surface area (Å²) in [6, 6.07) is 5.95. The zero-order chi connectivity index (χ0) is 15.1. The van der Waals surface area contributed by atoms with Gasteiger partial charge in [-0.05, 0) is 30.0 Å². The lowest BCUT2D eigenvalue weighted by atomic mass is 10.0. The minimum Gasteiger partial charge on any atom is -0.483 e. The second-order valence-corrected chi connectivity index (χ2v) is 4.82. The third-order valence-corrected chi connectivity index (χ3v) is 2.90. The van der Waals surface area contributed by atoms with Crippen molar-refractivity contribution in [3.63, 3.8) is 0 Å². The number of carbonyl (C=O) groups excluding carboxylic acids is 2. The average molecular weight is 279 g/mol. The third kappa shape index (κ3) is 4.91. The van der Waals surface area contributed by atoms with Gasteiger partial charge in [0.15, 0.2) is 6.61 Å². The third-order valence-electron chi connectivity index (χ3n) is 2.90. The van der Waals surface area contributed by atoms with Crippen molar-refractivity contribution in [1.82, 2.24) is 5.32 Å². The van der Waals surface area contributed by atoms with Crippen LogP contribution >= 0.6 is 0 Å². The van der Waals surface area contributed by atoms with Gasteiger partial charge >= 0.3 is 5.97 Å². The minimum atomic E-state index is -0.490. The highest BCUT2D eigenvalue weighted by Gasteiger charge is 2.09. The SMILES string of the molecule is COC(=O)CNC(=O)COc1cc(C(C)C)ccc1C. The maximum atomic E-state index is 11.5. The highest BCUT2D eigenvalue weighted by atomic mass is 16.5. The molecule has 0 bridgehead atoms. The normalized spacial score (nSPS) is 10.2. The van der Waals surface area contributed by atoms with Crippen molar-refractivity contribution in [2.24, 2.45) is 0 Å². The molecule has 20 heavy (non-hydrogen) atoms. The summed E-state index contributed by atoms with van der Waals surface area (Å²) in [4.78, 5) is 22.4. The van der Waals surface area contributed by atoms with Gasteiger partial charge in [0.25, 0.3) is 5.91 Å². The molecular weight excluding hydrogens is 258 g/mol. The Bertz CT molecular complexity index is 483. The molecule has 0 unspecified atom stereocenters. The summed E-state index contributed by atoms with van der Waals surface area (Å²) < 4.78 is 9.92. The number of aryl methyl sites for hydroxylation is 1. The zero-order valence-electron chi connectivity index (χ0n) is 12.4. The van der Waals surface area contributed by atoms with Crippen molar-refractivity contribution in [3.8, 4) is 5.75 Å². The number of hydrogen-bond donors (Lipinski definition) is 1. The Balaban J connectivity index is 2.54. The van der Waals surface area contributed by atoms with Crippen LogP contribution in [0.15, 0.2) is 18.2 Å². The number of esters is 1. The molecule has 0 saturated carbocycles. The summed E-state index contributed by atoms with van der Waals surface area (Å²) in [5.41, 5.74) is 2.12. The van der Waals surface area contributed by atoms with Crippen LogP contribution in [0.25, 0.3) is 0 Å². The van der Waals surface area contributed by atoms with Gasteiger partial charge in [0, 0.05) is 0 Å². The minimum absolute atomic E-state index is 0.126. The van der Waals surface area contributed by atoms with E-state index in [1.54, 1.807) is 0 Å². The Hall–Kier alpha value is -2.04. The maximum Gasteiger partial charge on any atom is 0.325 e. The molecule has 0 aliphatic rings. The summed E-state index contributed by atoms with van der Waals surface area (Å²) in [6.07, 6.45) is 0. The molecule has 1 amide bonds. The lowest BCUT2D eigenvalue weighted by Gasteiger charge is -2.12. The Kier molecular flexibility index (Phi) is 6.03. The van der Waals surface area contributed by atoms with Gasteiger partial charge in [-0.1, -0.05) is 26.0 Å². The molecule has 1 aromatic rings. The van der Waals surface area contributed by atoms with Crippen LogP contribution in [0, 0.1) is 6.92 Å². The molecule has 0 saturated heterocycles. The molecule has 0 aromatic heterocycles. The molecule has 1 rings (SSSR count). The summed E-state index contributed by atoms with van der Waals surface area (Å²) in [5, 5.41) is 2.42. The monoisotopic (exact) mass is 279 g/mol. The quantitative estimate of drug-likeness (QED) is 0.806. The number of rotatable bonds is 6. The van der Waals surface area contributed by atoms with Crippen molar-refractivity contribution in [2.45, 2.75) is 26.7 Å². The topological polar surface area (TPSA) is 64.6 Å². The van der Waals surface area contributed by atoms with Crippen molar-refractivity contribution in [3.05, 3.63) is 29.3 Å². The predicted octanol–water partition coefficient (Wildman–Crippen LogP) is 1.79. The molecule has 0 aliphatic carbocycles. The maximum absolute atomic E-state index is 11.5. The first-order chi connectivity index (χ1) is 9.43. The Morgan fingerprint density at radius 1 is 1.30 bits per heavy atom. The summed E-state index contributed by atoms with van der Waals surface area (Å²) in [6.45, 7) is 5.84. The molecule has 0 aliphatic heterocycles. The van der Waals surface area contributed by atoms with Gasteiger partial charge in [0.2, 0.25) is 0 Å². The van der Waals surface area contributed by atoms with E-state index in [9.17, 15) is 9.59 Å².